The Balaban J connectivity index is 0.952. The Hall–Kier alpha value is -7.17. The van der Waals surface area contributed by atoms with E-state index in [1.54, 1.807) is 0 Å². The molecular formula is C49H32N2O2. The van der Waals surface area contributed by atoms with Gasteiger partial charge in [-0.25, -0.2) is 4.98 Å². The van der Waals surface area contributed by atoms with Crippen LogP contribution in [0.3, 0.4) is 0 Å². The third kappa shape index (κ3) is 5.73. The van der Waals surface area contributed by atoms with Crippen LogP contribution in [0.2, 0.25) is 0 Å². The third-order valence-corrected chi connectivity index (χ3v) is 9.90. The second-order valence-corrected chi connectivity index (χ2v) is 13.2. The van der Waals surface area contributed by atoms with E-state index in [0.29, 0.717) is 5.89 Å². The monoisotopic (exact) mass is 680 g/mol. The highest BCUT2D eigenvalue weighted by molar-refractivity contribution is 6.09. The van der Waals surface area contributed by atoms with E-state index in [2.05, 4.69) is 157 Å². The van der Waals surface area contributed by atoms with Crippen LogP contribution in [0.1, 0.15) is 0 Å². The van der Waals surface area contributed by atoms with Gasteiger partial charge in [0.05, 0.1) is 0 Å². The van der Waals surface area contributed by atoms with Crippen molar-refractivity contribution in [1.29, 1.82) is 0 Å². The molecule has 2 aromatic heterocycles. The van der Waals surface area contributed by atoms with Crippen LogP contribution >= 0.6 is 0 Å². The van der Waals surface area contributed by atoms with Gasteiger partial charge in [-0.2, -0.15) is 0 Å². The Morgan fingerprint density at radius 2 is 0.811 bits per heavy atom. The summed E-state index contributed by atoms with van der Waals surface area (Å²) in [6, 6.07) is 67.7. The van der Waals surface area contributed by atoms with Crippen molar-refractivity contribution in [2.45, 2.75) is 0 Å². The highest BCUT2D eigenvalue weighted by atomic mass is 16.4. The van der Waals surface area contributed by atoms with Crippen molar-refractivity contribution in [3.8, 4) is 44.8 Å². The number of fused-ring (bicyclic) bond motifs is 4. The summed E-state index contributed by atoms with van der Waals surface area (Å²) in [5.41, 5.74) is 14.4. The maximum absolute atomic E-state index is 6.40. The summed E-state index contributed by atoms with van der Waals surface area (Å²) in [6.07, 6.45) is 0. The fourth-order valence-electron chi connectivity index (χ4n) is 7.22. The zero-order chi connectivity index (χ0) is 35.1. The van der Waals surface area contributed by atoms with E-state index in [9.17, 15) is 0 Å². The number of para-hydroxylation sites is 1. The number of hydrogen-bond donors (Lipinski definition) is 0. The van der Waals surface area contributed by atoms with Crippen LogP contribution in [0.15, 0.2) is 203 Å². The van der Waals surface area contributed by atoms with E-state index in [1.807, 2.05) is 42.5 Å². The van der Waals surface area contributed by atoms with Crippen molar-refractivity contribution < 1.29 is 8.83 Å². The number of hydrogen-bond acceptors (Lipinski definition) is 4. The van der Waals surface area contributed by atoms with Crippen molar-refractivity contribution in [3.05, 3.63) is 194 Å². The van der Waals surface area contributed by atoms with Gasteiger partial charge in [0.25, 0.3) is 0 Å². The van der Waals surface area contributed by atoms with Crippen molar-refractivity contribution in [1.82, 2.24) is 4.98 Å². The zero-order valence-electron chi connectivity index (χ0n) is 28.7. The van der Waals surface area contributed by atoms with E-state index < -0.39 is 0 Å². The molecule has 4 heteroatoms. The first kappa shape index (κ1) is 30.6. The van der Waals surface area contributed by atoms with Gasteiger partial charge in [0.2, 0.25) is 5.89 Å². The molecule has 10 rings (SSSR count). The standard InChI is InChI=1S/C49H32N2O2/c1-4-11-33(12-5-1)37-15-10-16-38(29-37)34-19-24-41(25-20-34)51(40-17-8-3-9-18-40)42-26-21-35(22-27-42)39-23-28-43-44-31-48-45(32-47(44)52-46(43)30-39)50-49(53-48)36-13-6-2-7-14-36/h1-32H. The molecule has 0 spiro atoms. The van der Waals surface area contributed by atoms with Gasteiger partial charge >= 0.3 is 0 Å². The molecule has 2 heterocycles. The number of rotatable bonds is 7. The Morgan fingerprint density at radius 3 is 1.45 bits per heavy atom. The highest BCUT2D eigenvalue weighted by Gasteiger charge is 2.16. The van der Waals surface area contributed by atoms with E-state index in [0.717, 1.165) is 66.8 Å². The molecule has 8 aromatic carbocycles. The van der Waals surface area contributed by atoms with Gasteiger partial charge in [-0.1, -0.05) is 115 Å². The number of oxazole rings is 1. The summed E-state index contributed by atoms with van der Waals surface area (Å²) in [6.45, 7) is 0. The molecule has 0 saturated heterocycles. The molecular weight excluding hydrogens is 649 g/mol. The quantitative estimate of drug-likeness (QED) is 0.168. The van der Waals surface area contributed by atoms with Crippen LogP contribution in [0.5, 0.6) is 0 Å². The van der Waals surface area contributed by atoms with Crippen molar-refractivity contribution in [3.63, 3.8) is 0 Å². The minimum Gasteiger partial charge on any atom is -0.456 e. The largest absolute Gasteiger partial charge is 0.456 e. The van der Waals surface area contributed by atoms with Crippen molar-refractivity contribution >= 4 is 50.1 Å². The lowest BCUT2D eigenvalue weighted by Gasteiger charge is -2.26. The first-order valence-electron chi connectivity index (χ1n) is 17.8. The molecule has 0 radical (unpaired) electrons. The lowest BCUT2D eigenvalue weighted by Crippen LogP contribution is -2.09. The molecule has 0 unspecified atom stereocenters. The van der Waals surface area contributed by atoms with Crippen LogP contribution in [0.25, 0.3) is 77.9 Å². The Bertz CT molecular complexity index is 2860. The molecule has 250 valence electrons. The summed E-state index contributed by atoms with van der Waals surface area (Å²) >= 11 is 0. The minimum atomic E-state index is 0.607. The minimum absolute atomic E-state index is 0.607. The van der Waals surface area contributed by atoms with Gasteiger partial charge in [0.1, 0.15) is 16.7 Å². The molecule has 0 saturated carbocycles. The molecule has 0 aliphatic heterocycles. The molecule has 53 heavy (non-hydrogen) atoms. The lowest BCUT2D eigenvalue weighted by molar-refractivity contribution is 0.620. The average Bonchev–Trinajstić information content (AvgIpc) is 3.82. The number of aromatic nitrogens is 1. The predicted octanol–water partition coefficient (Wildman–Crippen LogP) is 13.9. The third-order valence-electron chi connectivity index (χ3n) is 9.90. The number of furan rings is 1. The summed E-state index contributed by atoms with van der Waals surface area (Å²) in [5, 5.41) is 2.06. The molecule has 0 fully saturated rings. The summed E-state index contributed by atoms with van der Waals surface area (Å²) in [4.78, 5) is 7.03. The molecule has 10 aromatic rings. The van der Waals surface area contributed by atoms with Crippen molar-refractivity contribution in [2.24, 2.45) is 0 Å². The maximum atomic E-state index is 6.40. The molecule has 0 aliphatic rings. The fourth-order valence-corrected chi connectivity index (χ4v) is 7.22. The van der Waals surface area contributed by atoms with Crippen LogP contribution < -0.4 is 4.90 Å². The average molecular weight is 681 g/mol. The van der Waals surface area contributed by atoms with Gasteiger partial charge in [0.15, 0.2) is 5.58 Å². The molecule has 0 bridgehead atoms. The van der Waals surface area contributed by atoms with Crippen LogP contribution in [-0.2, 0) is 0 Å². The lowest BCUT2D eigenvalue weighted by atomic mass is 9.99. The summed E-state index contributed by atoms with van der Waals surface area (Å²) in [5.74, 6) is 0.607. The molecule has 0 amide bonds. The van der Waals surface area contributed by atoms with E-state index in [4.69, 9.17) is 13.8 Å². The van der Waals surface area contributed by atoms with Gasteiger partial charge < -0.3 is 13.7 Å². The first-order chi connectivity index (χ1) is 26.2. The normalized spacial score (nSPS) is 11.4. The van der Waals surface area contributed by atoms with Crippen molar-refractivity contribution in [2.75, 3.05) is 4.90 Å². The van der Waals surface area contributed by atoms with E-state index in [-0.39, 0.29) is 0 Å². The Morgan fingerprint density at radius 1 is 0.321 bits per heavy atom. The second kappa shape index (κ2) is 12.9. The van der Waals surface area contributed by atoms with Gasteiger partial charge in [-0.05, 0) is 106 Å². The molecule has 0 N–H and O–H groups in total. The van der Waals surface area contributed by atoms with Crippen LogP contribution in [0, 0.1) is 0 Å². The number of benzene rings is 8. The SMILES string of the molecule is c1ccc(-c2cccc(-c3ccc(N(c4ccccc4)c4ccc(-c5ccc6c(c5)oc5cc7nc(-c8ccccc8)oc7cc56)cc4)cc3)c2)cc1. The summed E-state index contributed by atoms with van der Waals surface area (Å²) in [7, 11) is 0. The van der Waals surface area contributed by atoms with E-state index in [1.165, 1.54) is 22.3 Å². The Kier molecular flexibility index (Phi) is 7.43. The maximum Gasteiger partial charge on any atom is 0.227 e. The van der Waals surface area contributed by atoms with Gasteiger partial charge in [-0.3, -0.25) is 0 Å². The summed E-state index contributed by atoms with van der Waals surface area (Å²) < 4.78 is 12.6. The van der Waals surface area contributed by atoms with Crippen LogP contribution in [0.4, 0.5) is 17.1 Å². The Labute approximate surface area is 306 Å². The van der Waals surface area contributed by atoms with Crippen LogP contribution in [-0.4, -0.2) is 4.98 Å². The second-order valence-electron chi connectivity index (χ2n) is 13.2. The topological polar surface area (TPSA) is 42.4 Å². The molecule has 0 aliphatic carbocycles. The smallest absolute Gasteiger partial charge is 0.227 e. The predicted molar refractivity (Wildman–Crippen MR) is 218 cm³/mol. The number of nitrogens with zero attached hydrogens (tertiary/aromatic N) is 2. The zero-order valence-corrected chi connectivity index (χ0v) is 28.7. The molecule has 4 nitrogen and oxygen atoms in total. The van der Waals surface area contributed by atoms with E-state index >= 15 is 0 Å². The van der Waals surface area contributed by atoms with Gasteiger partial charge in [-0.15, -0.1) is 0 Å². The fraction of sp³-hybridized carbons (Fsp3) is 0. The number of anilines is 3. The molecule has 0 atom stereocenters. The first-order valence-corrected chi connectivity index (χ1v) is 17.8. The van der Waals surface area contributed by atoms with Gasteiger partial charge in [0, 0.05) is 39.5 Å². The highest BCUT2D eigenvalue weighted by Crippen LogP contribution is 2.39.